The van der Waals surface area contributed by atoms with Crippen molar-refractivity contribution in [1.82, 2.24) is 9.99 Å². The van der Waals surface area contributed by atoms with Gasteiger partial charge in [-0.1, -0.05) is 60.2 Å². The maximum absolute atomic E-state index is 12.1. The zero-order valence-electron chi connectivity index (χ0n) is 17.1. The lowest BCUT2D eigenvalue weighted by atomic mass is 10.1. The zero-order chi connectivity index (χ0) is 21.6. The molecular formula is C25H22IN3O2. The molecule has 0 aliphatic rings. The number of hydrogen-bond acceptors (Lipinski definition) is 3. The molecule has 0 spiro atoms. The molecule has 31 heavy (non-hydrogen) atoms. The Labute approximate surface area is 194 Å². The number of aromatic nitrogens is 1. The maximum Gasteiger partial charge on any atom is 0.277 e. The smallest absolute Gasteiger partial charge is 0.277 e. The van der Waals surface area contributed by atoms with Crippen LogP contribution in [0.25, 0.3) is 10.9 Å². The average molecular weight is 523 g/mol. The average Bonchev–Trinajstić information content (AvgIpc) is 3.11. The van der Waals surface area contributed by atoms with Crippen molar-refractivity contribution in [3.8, 4) is 5.75 Å². The summed E-state index contributed by atoms with van der Waals surface area (Å²) in [5.41, 5.74) is 7.10. The van der Waals surface area contributed by atoms with Gasteiger partial charge in [0.25, 0.3) is 5.91 Å². The van der Waals surface area contributed by atoms with Crippen LogP contribution in [-0.2, 0) is 11.3 Å². The number of fused-ring (bicyclic) bond motifs is 1. The predicted molar refractivity (Wildman–Crippen MR) is 133 cm³/mol. The molecule has 0 radical (unpaired) electrons. The van der Waals surface area contributed by atoms with Crippen LogP contribution in [0.3, 0.4) is 0 Å². The van der Waals surface area contributed by atoms with E-state index in [9.17, 15) is 4.79 Å². The first-order valence-corrected chi connectivity index (χ1v) is 11.0. The number of nitrogens with one attached hydrogen (secondary N) is 1. The highest BCUT2D eigenvalue weighted by atomic mass is 127. The summed E-state index contributed by atoms with van der Waals surface area (Å²) in [6.45, 7) is 2.78. The van der Waals surface area contributed by atoms with Crippen LogP contribution in [0, 0.1) is 10.5 Å². The van der Waals surface area contributed by atoms with Crippen LogP contribution in [0.1, 0.15) is 16.7 Å². The molecule has 0 aliphatic carbocycles. The Morgan fingerprint density at radius 3 is 2.74 bits per heavy atom. The third kappa shape index (κ3) is 5.32. The third-order valence-electron chi connectivity index (χ3n) is 4.84. The molecule has 1 heterocycles. The highest BCUT2D eigenvalue weighted by Gasteiger charge is 2.08. The molecule has 0 atom stereocenters. The molecule has 6 heteroatoms. The molecule has 0 saturated heterocycles. The molecule has 0 saturated carbocycles. The van der Waals surface area contributed by atoms with Crippen molar-refractivity contribution in [1.29, 1.82) is 0 Å². The van der Waals surface area contributed by atoms with Gasteiger partial charge in [0.1, 0.15) is 5.75 Å². The molecule has 0 unspecified atom stereocenters. The SMILES string of the molecule is Cc1cccc(Cn2cc(/C=N/NC(=O)COc3ccccc3I)c3ccccc32)c1. The number of para-hydroxylation sites is 2. The van der Waals surface area contributed by atoms with Crippen molar-refractivity contribution in [2.75, 3.05) is 6.61 Å². The summed E-state index contributed by atoms with van der Waals surface area (Å²) < 4.78 is 8.71. The standard InChI is InChI=1S/C25H22IN3O2/c1-18-7-6-8-19(13-18)15-29-16-20(21-9-2-4-11-23(21)29)14-27-28-25(30)17-31-24-12-5-3-10-22(24)26/h2-14,16H,15,17H2,1H3,(H,28,30)/b27-14+. The van der Waals surface area contributed by atoms with Gasteiger partial charge in [0.05, 0.1) is 9.78 Å². The van der Waals surface area contributed by atoms with Gasteiger partial charge in [-0.2, -0.15) is 5.10 Å². The Kier molecular flexibility index (Phi) is 6.66. The van der Waals surface area contributed by atoms with E-state index in [0.29, 0.717) is 5.75 Å². The summed E-state index contributed by atoms with van der Waals surface area (Å²) in [7, 11) is 0. The number of hydrazone groups is 1. The summed E-state index contributed by atoms with van der Waals surface area (Å²) in [5, 5.41) is 5.23. The van der Waals surface area contributed by atoms with Crippen molar-refractivity contribution < 1.29 is 9.53 Å². The topological polar surface area (TPSA) is 55.6 Å². The molecule has 0 fully saturated rings. The summed E-state index contributed by atoms with van der Waals surface area (Å²) in [4.78, 5) is 12.1. The Morgan fingerprint density at radius 2 is 1.90 bits per heavy atom. The number of aryl methyl sites for hydroxylation is 1. The lowest BCUT2D eigenvalue weighted by Gasteiger charge is -2.06. The van der Waals surface area contributed by atoms with E-state index in [1.54, 1.807) is 6.21 Å². The molecule has 3 aromatic carbocycles. The first-order chi connectivity index (χ1) is 15.1. The van der Waals surface area contributed by atoms with E-state index in [1.807, 2.05) is 36.4 Å². The van der Waals surface area contributed by atoms with Gasteiger partial charge in [-0.25, -0.2) is 5.43 Å². The molecule has 5 nitrogen and oxygen atoms in total. The number of nitrogens with zero attached hydrogens (tertiary/aromatic N) is 2. The van der Waals surface area contributed by atoms with E-state index >= 15 is 0 Å². The van der Waals surface area contributed by atoms with Crippen LogP contribution in [0.4, 0.5) is 0 Å². The lowest BCUT2D eigenvalue weighted by Crippen LogP contribution is -2.24. The molecule has 1 amide bonds. The second-order valence-electron chi connectivity index (χ2n) is 7.23. The van der Waals surface area contributed by atoms with Gasteiger partial charge >= 0.3 is 0 Å². The summed E-state index contributed by atoms with van der Waals surface area (Å²) in [5.74, 6) is 0.376. The molecule has 0 bridgehead atoms. The van der Waals surface area contributed by atoms with Gasteiger partial charge < -0.3 is 9.30 Å². The molecule has 4 aromatic rings. The van der Waals surface area contributed by atoms with Crippen molar-refractivity contribution in [3.05, 3.63) is 99.3 Å². The molecule has 1 N–H and O–H groups in total. The Bertz CT molecular complexity index is 1250. The van der Waals surface area contributed by atoms with Crippen LogP contribution in [0.5, 0.6) is 5.75 Å². The van der Waals surface area contributed by atoms with Crippen LogP contribution in [-0.4, -0.2) is 23.3 Å². The fourth-order valence-electron chi connectivity index (χ4n) is 3.43. The fraction of sp³-hybridized carbons (Fsp3) is 0.120. The number of ether oxygens (including phenoxy) is 1. The predicted octanol–water partition coefficient (Wildman–Crippen LogP) is 5.13. The summed E-state index contributed by atoms with van der Waals surface area (Å²) in [6.07, 6.45) is 3.74. The molecule has 156 valence electrons. The highest BCUT2D eigenvalue weighted by Crippen LogP contribution is 2.22. The fourth-order valence-corrected chi connectivity index (χ4v) is 3.97. The Hall–Kier alpha value is -3.13. The number of carbonyl (C=O) groups excluding carboxylic acids is 1. The number of amides is 1. The van der Waals surface area contributed by atoms with Crippen LogP contribution >= 0.6 is 22.6 Å². The zero-order valence-corrected chi connectivity index (χ0v) is 19.2. The summed E-state index contributed by atoms with van der Waals surface area (Å²) >= 11 is 2.17. The van der Waals surface area contributed by atoms with Gasteiger partial charge in [0.2, 0.25) is 0 Å². The van der Waals surface area contributed by atoms with E-state index in [-0.39, 0.29) is 12.5 Å². The largest absolute Gasteiger partial charge is 0.483 e. The first-order valence-electron chi connectivity index (χ1n) is 9.93. The minimum absolute atomic E-state index is 0.0908. The van der Waals surface area contributed by atoms with Crippen molar-refractivity contribution >= 4 is 45.6 Å². The second kappa shape index (κ2) is 9.78. The first kappa shape index (κ1) is 21.1. The molecule has 0 aliphatic heterocycles. The Morgan fingerprint density at radius 1 is 1.10 bits per heavy atom. The molecule has 1 aromatic heterocycles. The number of benzene rings is 3. The van der Waals surface area contributed by atoms with Crippen molar-refractivity contribution in [2.24, 2.45) is 5.10 Å². The van der Waals surface area contributed by atoms with Gasteiger partial charge in [0.15, 0.2) is 6.61 Å². The minimum Gasteiger partial charge on any atom is -0.483 e. The van der Waals surface area contributed by atoms with Crippen LogP contribution in [0.15, 0.2) is 84.1 Å². The van der Waals surface area contributed by atoms with E-state index in [0.717, 1.165) is 26.6 Å². The van der Waals surface area contributed by atoms with Crippen LogP contribution < -0.4 is 10.2 Å². The highest BCUT2D eigenvalue weighted by molar-refractivity contribution is 14.1. The third-order valence-corrected chi connectivity index (χ3v) is 5.73. The Balaban J connectivity index is 1.45. The van der Waals surface area contributed by atoms with E-state index in [4.69, 9.17) is 4.74 Å². The van der Waals surface area contributed by atoms with Crippen molar-refractivity contribution in [2.45, 2.75) is 13.5 Å². The normalized spacial score (nSPS) is 11.2. The number of halogens is 1. The monoisotopic (exact) mass is 523 g/mol. The lowest BCUT2D eigenvalue weighted by molar-refractivity contribution is -0.123. The van der Waals surface area contributed by atoms with E-state index in [1.165, 1.54) is 11.1 Å². The second-order valence-corrected chi connectivity index (χ2v) is 8.39. The van der Waals surface area contributed by atoms with Crippen LogP contribution in [0.2, 0.25) is 0 Å². The van der Waals surface area contributed by atoms with Crippen molar-refractivity contribution in [3.63, 3.8) is 0 Å². The van der Waals surface area contributed by atoms with Gasteiger partial charge in [-0.15, -0.1) is 0 Å². The number of carbonyl (C=O) groups is 1. The molecule has 4 rings (SSSR count). The minimum atomic E-state index is -0.306. The van der Waals surface area contributed by atoms with Gasteiger partial charge in [0, 0.05) is 29.2 Å². The number of hydrogen-bond donors (Lipinski definition) is 1. The van der Waals surface area contributed by atoms with Gasteiger partial charge in [-0.3, -0.25) is 4.79 Å². The summed E-state index contributed by atoms with van der Waals surface area (Å²) in [6, 6.07) is 24.2. The van der Waals surface area contributed by atoms with E-state index < -0.39 is 0 Å². The van der Waals surface area contributed by atoms with Gasteiger partial charge in [-0.05, 0) is 53.3 Å². The quantitative estimate of drug-likeness (QED) is 0.208. The molecular weight excluding hydrogens is 501 g/mol. The maximum atomic E-state index is 12.1. The number of rotatable bonds is 7. The van der Waals surface area contributed by atoms with E-state index in [2.05, 4.69) is 87.2 Å².